The van der Waals surface area contributed by atoms with Crippen molar-refractivity contribution in [3.63, 3.8) is 0 Å². The lowest BCUT2D eigenvalue weighted by molar-refractivity contribution is -0.139. The highest BCUT2D eigenvalue weighted by atomic mass is 16.5. The quantitative estimate of drug-likeness (QED) is 0.623. The number of ether oxygens (including phenoxy) is 1. The van der Waals surface area contributed by atoms with Crippen LogP contribution < -0.4 is 0 Å². The van der Waals surface area contributed by atoms with E-state index in [1.165, 1.54) is 0 Å². The topological polar surface area (TPSA) is 81.4 Å². The molecule has 156 valence electrons. The van der Waals surface area contributed by atoms with Crippen molar-refractivity contribution in [3.05, 3.63) is 65.4 Å². The molecule has 0 radical (unpaired) electrons. The average Bonchev–Trinajstić information content (AvgIpc) is 3.19. The number of hydrogen-bond donors (Lipinski definition) is 0. The second-order valence-corrected chi connectivity index (χ2v) is 7.43. The minimum atomic E-state index is -0.244. The largest absolute Gasteiger partial charge is 0.368 e. The Morgan fingerprint density at radius 1 is 1.27 bits per heavy atom. The average molecular weight is 406 g/mol. The number of morpholine rings is 1. The smallest absolute Gasteiger partial charge is 0.223 e. The number of rotatable bonds is 6. The number of carbonyl (C=O) groups excluding carboxylic acids is 1. The molecular formula is C23H26N4O3. The molecule has 30 heavy (non-hydrogen) atoms. The van der Waals surface area contributed by atoms with E-state index in [1.807, 2.05) is 55.3 Å². The molecule has 0 aromatic carbocycles. The summed E-state index contributed by atoms with van der Waals surface area (Å²) in [4.78, 5) is 23.5. The Labute approximate surface area is 176 Å². The van der Waals surface area contributed by atoms with Crippen LogP contribution in [0.1, 0.15) is 42.2 Å². The molecule has 0 N–H and O–H groups in total. The summed E-state index contributed by atoms with van der Waals surface area (Å²) in [7, 11) is 0. The fourth-order valence-corrected chi connectivity index (χ4v) is 3.77. The molecule has 0 spiro atoms. The van der Waals surface area contributed by atoms with Crippen LogP contribution in [-0.2, 0) is 22.4 Å². The van der Waals surface area contributed by atoms with Crippen LogP contribution in [-0.4, -0.2) is 45.6 Å². The molecule has 4 rings (SSSR count). The fourth-order valence-electron chi connectivity index (χ4n) is 3.77. The molecule has 1 aliphatic rings. The first kappa shape index (κ1) is 20.2. The van der Waals surface area contributed by atoms with Crippen LogP contribution in [0.5, 0.6) is 0 Å². The first-order valence-electron chi connectivity index (χ1n) is 10.4. The zero-order valence-electron chi connectivity index (χ0n) is 17.4. The molecule has 3 aromatic rings. The maximum Gasteiger partial charge on any atom is 0.223 e. The van der Waals surface area contributed by atoms with Crippen molar-refractivity contribution < 1.29 is 14.1 Å². The predicted molar refractivity (Wildman–Crippen MR) is 112 cm³/mol. The molecule has 0 unspecified atom stereocenters. The third-order valence-corrected chi connectivity index (χ3v) is 5.38. The van der Waals surface area contributed by atoms with Gasteiger partial charge in [0, 0.05) is 31.8 Å². The van der Waals surface area contributed by atoms with Crippen LogP contribution in [0.4, 0.5) is 0 Å². The normalized spacial score (nSPS) is 16.6. The number of aromatic nitrogens is 3. The van der Waals surface area contributed by atoms with E-state index in [9.17, 15) is 4.79 Å². The molecule has 7 nitrogen and oxygen atoms in total. The van der Waals surface area contributed by atoms with E-state index < -0.39 is 0 Å². The van der Waals surface area contributed by atoms with Gasteiger partial charge in [-0.1, -0.05) is 24.2 Å². The van der Waals surface area contributed by atoms with E-state index >= 15 is 0 Å². The molecule has 3 aromatic heterocycles. The van der Waals surface area contributed by atoms with Crippen LogP contribution in [0.15, 0.2) is 47.2 Å². The van der Waals surface area contributed by atoms with E-state index in [4.69, 9.17) is 14.2 Å². The molecule has 1 atom stereocenters. The van der Waals surface area contributed by atoms with Gasteiger partial charge in [0.1, 0.15) is 11.9 Å². The Kier molecular flexibility index (Phi) is 6.18. The van der Waals surface area contributed by atoms with Crippen LogP contribution in [0.3, 0.4) is 0 Å². The third kappa shape index (κ3) is 4.41. The maximum atomic E-state index is 12.7. The van der Waals surface area contributed by atoms with Crippen LogP contribution in [0, 0.1) is 6.92 Å². The number of amides is 1. The van der Waals surface area contributed by atoms with Crippen molar-refractivity contribution in [2.45, 2.75) is 39.2 Å². The predicted octanol–water partition coefficient (Wildman–Crippen LogP) is 3.54. The first-order chi connectivity index (χ1) is 14.7. The van der Waals surface area contributed by atoms with Crippen LogP contribution in [0.25, 0.3) is 11.3 Å². The van der Waals surface area contributed by atoms with Gasteiger partial charge in [-0.15, -0.1) is 0 Å². The SMILES string of the molecule is CCc1onc(C)c1-c1cccc([C@H]2CN(C(=O)CCc3cccnc3)CCO2)n1. The molecule has 0 saturated carbocycles. The summed E-state index contributed by atoms with van der Waals surface area (Å²) < 4.78 is 11.4. The van der Waals surface area contributed by atoms with Gasteiger partial charge in [-0.3, -0.25) is 9.78 Å². The second-order valence-electron chi connectivity index (χ2n) is 7.43. The standard InChI is InChI=1S/C23H26N4O3/c1-3-20-23(16(2)26-30-20)19-8-4-7-18(25-19)21-15-27(12-13-29-21)22(28)10-9-17-6-5-11-24-14-17/h4-8,11,14,21H,3,9-10,12-13,15H2,1-2H3/t21-/m1/s1. The van der Waals surface area contributed by atoms with Gasteiger partial charge < -0.3 is 14.2 Å². The molecule has 1 amide bonds. The molecule has 1 aliphatic heterocycles. The molecule has 4 heterocycles. The fraction of sp³-hybridized carbons (Fsp3) is 0.391. The van der Waals surface area contributed by atoms with Gasteiger partial charge in [-0.25, -0.2) is 4.98 Å². The number of hydrogen-bond acceptors (Lipinski definition) is 6. The highest BCUT2D eigenvalue weighted by molar-refractivity contribution is 5.76. The van der Waals surface area contributed by atoms with E-state index in [-0.39, 0.29) is 12.0 Å². The van der Waals surface area contributed by atoms with E-state index in [0.29, 0.717) is 32.5 Å². The van der Waals surface area contributed by atoms with Crippen LogP contribution in [0.2, 0.25) is 0 Å². The van der Waals surface area contributed by atoms with E-state index in [0.717, 1.165) is 40.4 Å². The second kappa shape index (κ2) is 9.17. The zero-order valence-corrected chi connectivity index (χ0v) is 17.4. The van der Waals surface area contributed by atoms with Crippen molar-refractivity contribution in [2.75, 3.05) is 19.7 Å². The van der Waals surface area contributed by atoms with Gasteiger partial charge in [-0.2, -0.15) is 0 Å². The Balaban J connectivity index is 1.45. The number of nitrogens with zero attached hydrogens (tertiary/aromatic N) is 4. The highest BCUT2D eigenvalue weighted by Crippen LogP contribution is 2.29. The summed E-state index contributed by atoms with van der Waals surface area (Å²) in [6.07, 6.45) is 5.21. The molecule has 7 heteroatoms. The lowest BCUT2D eigenvalue weighted by Crippen LogP contribution is -2.42. The Morgan fingerprint density at radius 3 is 2.97 bits per heavy atom. The van der Waals surface area contributed by atoms with Crippen LogP contribution >= 0.6 is 0 Å². The molecule has 0 aliphatic carbocycles. The molecular weight excluding hydrogens is 380 g/mol. The summed E-state index contributed by atoms with van der Waals surface area (Å²) in [6, 6.07) is 9.77. The zero-order chi connectivity index (χ0) is 20.9. The number of pyridine rings is 2. The van der Waals surface area contributed by atoms with Gasteiger partial charge in [0.05, 0.1) is 35.8 Å². The molecule has 1 fully saturated rings. The number of carbonyl (C=O) groups is 1. The van der Waals surface area contributed by atoms with Gasteiger partial charge in [0.15, 0.2) is 0 Å². The summed E-state index contributed by atoms with van der Waals surface area (Å²) in [6.45, 7) is 5.57. The summed E-state index contributed by atoms with van der Waals surface area (Å²) in [5.74, 6) is 0.959. The summed E-state index contributed by atoms with van der Waals surface area (Å²) >= 11 is 0. The van der Waals surface area contributed by atoms with Gasteiger partial charge in [-0.05, 0) is 37.1 Å². The van der Waals surface area contributed by atoms with Gasteiger partial charge >= 0.3 is 0 Å². The Morgan fingerprint density at radius 2 is 2.17 bits per heavy atom. The minimum absolute atomic E-state index is 0.131. The summed E-state index contributed by atoms with van der Waals surface area (Å²) in [5.41, 5.74) is 4.49. The van der Waals surface area contributed by atoms with Gasteiger partial charge in [0.25, 0.3) is 0 Å². The van der Waals surface area contributed by atoms with E-state index in [1.54, 1.807) is 6.20 Å². The Hall–Kier alpha value is -3.06. The lowest BCUT2D eigenvalue weighted by atomic mass is 10.1. The van der Waals surface area contributed by atoms with E-state index in [2.05, 4.69) is 10.1 Å². The van der Waals surface area contributed by atoms with Crippen molar-refractivity contribution in [2.24, 2.45) is 0 Å². The van der Waals surface area contributed by atoms with Crippen molar-refractivity contribution >= 4 is 5.91 Å². The monoisotopic (exact) mass is 406 g/mol. The first-order valence-corrected chi connectivity index (χ1v) is 10.4. The molecule has 1 saturated heterocycles. The van der Waals surface area contributed by atoms with Crippen molar-refractivity contribution in [3.8, 4) is 11.3 Å². The number of aryl methyl sites for hydroxylation is 3. The van der Waals surface area contributed by atoms with Crippen molar-refractivity contribution in [1.82, 2.24) is 20.0 Å². The summed E-state index contributed by atoms with van der Waals surface area (Å²) in [5, 5.41) is 4.08. The maximum absolute atomic E-state index is 12.7. The minimum Gasteiger partial charge on any atom is -0.368 e. The lowest BCUT2D eigenvalue weighted by Gasteiger charge is -2.33. The van der Waals surface area contributed by atoms with Gasteiger partial charge in [0.2, 0.25) is 5.91 Å². The van der Waals surface area contributed by atoms with Crippen molar-refractivity contribution in [1.29, 1.82) is 0 Å². The molecule has 0 bridgehead atoms. The highest BCUT2D eigenvalue weighted by Gasteiger charge is 2.27. The Bertz CT molecular complexity index is 1000. The third-order valence-electron chi connectivity index (χ3n) is 5.38.